The van der Waals surface area contributed by atoms with Crippen LogP contribution in [-0.2, 0) is 10.2 Å². The fourth-order valence-electron chi connectivity index (χ4n) is 2.67. The Bertz CT molecular complexity index is 1060. The van der Waals surface area contributed by atoms with Crippen LogP contribution in [0.15, 0.2) is 60.0 Å². The molecule has 0 atom stereocenters. The van der Waals surface area contributed by atoms with E-state index in [-0.39, 0.29) is 17.0 Å². The van der Waals surface area contributed by atoms with E-state index in [9.17, 15) is 14.9 Å². The molecule has 2 aromatic carbocycles. The van der Waals surface area contributed by atoms with E-state index in [0.29, 0.717) is 10.7 Å². The van der Waals surface area contributed by atoms with Gasteiger partial charge in [-0.15, -0.1) is 11.3 Å². The molecule has 1 aromatic heterocycles. The van der Waals surface area contributed by atoms with Gasteiger partial charge in [0, 0.05) is 29.2 Å². The standard InChI is InChI=1S/C22H21N3O3S/c1-22(2,3)17-10-8-16(9-11-17)19-14-29-21(23-19)24-20(26)12-7-15-5-4-6-18(13-15)25(27)28/h4-14H,1-3H3,(H,23,24,26). The zero-order chi connectivity index (χ0) is 21.0. The minimum atomic E-state index is -0.470. The van der Waals surface area contributed by atoms with Crippen LogP contribution in [-0.4, -0.2) is 15.8 Å². The highest BCUT2D eigenvalue weighted by atomic mass is 32.1. The molecule has 1 amide bonds. The Morgan fingerprint density at radius 3 is 2.55 bits per heavy atom. The van der Waals surface area contributed by atoms with E-state index in [1.165, 1.54) is 41.2 Å². The first-order valence-electron chi connectivity index (χ1n) is 9.02. The Labute approximate surface area is 173 Å². The van der Waals surface area contributed by atoms with Gasteiger partial charge in [-0.3, -0.25) is 20.2 Å². The number of carbonyl (C=O) groups excluding carboxylic acids is 1. The molecule has 0 aliphatic heterocycles. The van der Waals surface area contributed by atoms with Crippen LogP contribution >= 0.6 is 11.3 Å². The number of nitro benzene ring substituents is 1. The topological polar surface area (TPSA) is 85.1 Å². The van der Waals surface area contributed by atoms with Crippen molar-refractivity contribution in [2.75, 3.05) is 5.32 Å². The SMILES string of the molecule is CC(C)(C)c1ccc(-c2csc(NC(=O)C=Cc3cccc([N+](=O)[O-])c3)n2)cc1. The minimum absolute atomic E-state index is 0.0189. The van der Waals surface area contributed by atoms with Crippen molar-refractivity contribution in [3.8, 4) is 11.3 Å². The maximum absolute atomic E-state index is 12.1. The van der Waals surface area contributed by atoms with Gasteiger partial charge in [-0.2, -0.15) is 0 Å². The van der Waals surface area contributed by atoms with Gasteiger partial charge in [0.25, 0.3) is 5.69 Å². The Hall–Kier alpha value is -3.32. The number of nitrogens with one attached hydrogen (secondary N) is 1. The predicted octanol–water partition coefficient (Wildman–Crippen LogP) is 5.67. The average Bonchev–Trinajstić information content (AvgIpc) is 3.14. The fourth-order valence-corrected chi connectivity index (χ4v) is 3.39. The Morgan fingerprint density at radius 1 is 1.17 bits per heavy atom. The van der Waals surface area contributed by atoms with Crippen molar-refractivity contribution in [3.05, 3.63) is 81.2 Å². The Balaban J connectivity index is 1.66. The molecule has 0 bridgehead atoms. The maximum atomic E-state index is 12.1. The number of amides is 1. The summed E-state index contributed by atoms with van der Waals surface area (Å²) in [4.78, 5) is 27.0. The molecule has 0 radical (unpaired) electrons. The number of carbonyl (C=O) groups is 1. The molecular weight excluding hydrogens is 386 g/mol. The van der Waals surface area contributed by atoms with E-state index in [4.69, 9.17) is 0 Å². The van der Waals surface area contributed by atoms with Crippen molar-refractivity contribution in [2.45, 2.75) is 26.2 Å². The van der Waals surface area contributed by atoms with Crippen molar-refractivity contribution in [2.24, 2.45) is 0 Å². The van der Waals surface area contributed by atoms with Crippen LogP contribution in [0.1, 0.15) is 31.9 Å². The summed E-state index contributed by atoms with van der Waals surface area (Å²) in [6.45, 7) is 6.50. The number of aromatic nitrogens is 1. The van der Waals surface area contributed by atoms with Crippen LogP contribution in [0.5, 0.6) is 0 Å². The van der Waals surface area contributed by atoms with Crippen LogP contribution in [0, 0.1) is 10.1 Å². The number of nitrogens with zero attached hydrogens (tertiary/aromatic N) is 2. The predicted molar refractivity (Wildman–Crippen MR) is 117 cm³/mol. The monoisotopic (exact) mass is 407 g/mol. The average molecular weight is 407 g/mol. The minimum Gasteiger partial charge on any atom is -0.298 e. The molecule has 7 heteroatoms. The molecule has 0 aliphatic carbocycles. The first-order valence-corrected chi connectivity index (χ1v) is 9.90. The van der Waals surface area contributed by atoms with Gasteiger partial charge in [0.1, 0.15) is 0 Å². The molecule has 3 rings (SSSR count). The van der Waals surface area contributed by atoms with Gasteiger partial charge in [-0.05, 0) is 22.6 Å². The van der Waals surface area contributed by atoms with Crippen LogP contribution in [0.25, 0.3) is 17.3 Å². The first kappa shape index (κ1) is 20.4. The van der Waals surface area contributed by atoms with Crippen molar-refractivity contribution < 1.29 is 9.72 Å². The van der Waals surface area contributed by atoms with Gasteiger partial charge in [0.15, 0.2) is 5.13 Å². The van der Waals surface area contributed by atoms with Crippen molar-refractivity contribution >= 4 is 34.1 Å². The summed E-state index contributed by atoms with van der Waals surface area (Å²) in [5.41, 5.74) is 3.68. The molecule has 3 aromatic rings. The highest BCUT2D eigenvalue weighted by Crippen LogP contribution is 2.28. The second-order valence-corrected chi connectivity index (χ2v) is 8.40. The zero-order valence-corrected chi connectivity index (χ0v) is 17.2. The summed E-state index contributed by atoms with van der Waals surface area (Å²) in [6, 6.07) is 14.3. The van der Waals surface area contributed by atoms with E-state index in [1.807, 2.05) is 17.5 Å². The fraction of sp³-hybridized carbons (Fsp3) is 0.182. The summed E-state index contributed by atoms with van der Waals surface area (Å²) in [6.07, 6.45) is 2.86. The van der Waals surface area contributed by atoms with Crippen LogP contribution < -0.4 is 5.32 Å². The number of rotatable bonds is 5. The lowest BCUT2D eigenvalue weighted by atomic mass is 9.86. The quantitative estimate of drug-likeness (QED) is 0.335. The van der Waals surface area contributed by atoms with Crippen molar-refractivity contribution in [3.63, 3.8) is 0 Å². The molecule has 0 fully saturated rings. The molecule has 1 N–H and O–H groups in total. The molecular formula is C22H21N3O3S. The van der Waals surface area contributed by atoms with E-state index in [2.05, 4.69) is 43.2 Å². The van der Waals surface area contributed by atoms with Gasteiger partial charge in [0.2, 0.25) is 5.91 Å². The van der Waals surface area contributed by atoms with Gasteiger partial charge < -0.3 is 0 Å². The third-order valence-corrected chi connectivity index (χ3v) is 5.05. The zero-order valence-electron chi connectivity index (χ0n) is 16.4. The largest absolute Gasteiger partial charge is 0.298 e. The Kier molecular flexibility index (Phi) is 5.89. The second-order valence-electron chi connectivity index (χ2n) is 7.54. The van der Waals surface area contributed by atoms with Crippen LogP contribution in [0.3, 0.4) is 0 Å². The number of benzene rings is 2. The first-order chi connectivity index (χ1) is 13.7. The van der Waals surface area contributed by atoms with E-state index >= 15 is 0 Å². The molecule has 0 unspecified atom stereocenters. The summed E-state index contributed by atoms with van der Waals surface area (Å²) in [5, 5.41) is 15.9. The van der Waals surface area contributed by atoms with Crippen LogP contribution in [0.2, 0.25) is 0 Å². The highest BCUT2D eigenvalue weighted by Gasteiger charge is 2.14. The smallest absolute Gasteiger partial charge is 0.270 e. The molecule has 0 spiro atoms. The summed E-state index contributed by atoms with van der Waals surface area (Å²) >= 11 is 1.34. The highest BCUT2D eigenvalue weighted by molar-refractivity contribution is 7.14. The summed E-state index contributed by atoms with van der Waals surface area (Å²) in [5.74, 6) is -0.347. The number of thiazole rings is 1. The second kappa shape index (κ2) is 8.36. The molecule has 0 saturated carbocycles. The summed E-state index contributed by atoms with van der Waals surface area (Å²) in [7, 11) is 0. The third kappa shape index (κ3) is 5.36. The van der Waals surface area contributed by atoms with Gasteiger partial charge in [-0.1, -0.05) is 57.2 Å². The number of hydrogen-bond acceptors (Lipinski definition) is 5. The molecule has 0 saturated heterocycles. The van der Waals surface area contributed by atoms with Crippen molar-refractivity contribution in [1.29, 1.82) is 0 Å². The number of non-ortho nitro benzene ring substituents is 1. The lowest BCUT2D eigenvalue weighted by molar-refractivity contribution is -0.384. The van der Waals surface area contributed by atoms with Gasteiger partial charge in [0.05, 0.1) is 10.6 Å². The number of anilines is 1. The van der Waals surface area contributed by atoms with Gasteiger partial charge >= 0.3 is 0 Å². The van der Waals surface area contributed by atoms with E-state index in [0.717, 1.165) is 11.3 Å². The van der Waals surface area contributed by atoms with Crippen LogP contribution in [0.4, 0.5) is 10.8 Å². The summed E-state index contributed by atoms with van der Waals surface area (Å²) < 4.78 is 0. The normalized spacial score (nSPS) is 11.6. The molecule has 29 heavy (non-hydrogen) atoms. The Morgan fingerprint density at radius 2 is 1.90 bits per heavy atom. The lowest BCUT2D eigenvalue weighted by Crippen LogP contribution is -2.10. The lowest BCUT2D eigenvalue weighted by Gasteiger charge is -2.18. The molecule has 6 nitrogen and oxygen atoms in total. The van der Waals surface area contributed by atoms with Gasteiger partial charge in [-0.25, -0.2) is 4.98 Å². The third-order valence-electron chi connectivity index (χ3n) is 4.29. The van der Waals surface area contributed by atoms with E-state index < -0.39 is 4.92 Å². The molecule has 1 heterocycles. The number of hydrogen-bond donors (Lipinski definition) is 1. The maximum Gasteiger partial charge on any atom is 0.270 e. The molecule has 148 valence electrons. The number of nitro groups is 1. The van der Waals surface area contributed by atoms with Crippen molar-refractivity contribution in [1.82, 2.24) is 4.98 Å². The van der Waals surface area contributed by atoms with E-state index in [1.54, 1.807) is 12.1 Å². The molecule has 0 aliphatic rings.